The van der Waals surface area contributed by atoms with Gasteiger partial charge >= 0.3 is 0 Å². The molecule has 3 rings (SSSR count). The molecule has 1 aromatic heterocycles. The summed E-state index contributed by atoms with van der Waals surface area (Å²) in [7, 11) is 0. The van der Waals surface area contributed by atoms with E-state index in [1.54, 1.807) is 12.2 Å². The number of nitrogens with zero attached hydrogens (tertiary/aromatic N) is 1. The normalized spacial score (nSPS) is 16.3. The summed E-state index contributed by atoms with van der Waals surface area (Å²) in [5, 5.41) is 0.782. The molecule has 0 N–H and O–H groups in total. The molecule has 0 aliphatic carbocycles. The first-order valence-electron chi connectivity index (χ1n) is 6.86. The molecule has 1 saturated heterocycles. The van der Waals surface area contributed by atoms with Crippen molar-refractivity contribution >= 4 is 52.0 Å². The van der Waals surface area contributed by atoms with E-state index < -0.39 is 0 Å². The first-order valence-corrected chi connectivity index (χ1v) is 8.90. The van der Waals surface area contributed by atoms with Crippen molar-refractivity contribution in [1.82, 2.24) is 4.90 Å². The number of rotatable bonds is 5. The van der Waals surface area contributed by atoms with Crippen LogP contribution in [0.5, 0.6) is 0 Å². The molecule has 2 aromatic rings. The van der Waals surface area contributed by atoms with Gasteiger partial charge in [0, 0.05) is 17.5 Å². The van der Waals surface area contributed by atoms with Crippen LogP contribution in [0, 0.1) is 0 Å². The van der Waals surface area contributed by atoms with E-state index in [0.717, 1.165) is 9.99 Å². The van der Waals surface area contributed by atoms with Gasteiger partial charge in [-0.3, -0.25) is 9.69 Å². The van der Waals surface area contributed by atoms with E-state index in [1.807, 2.05) is 42.5 Å². The quantitative estimate of drug-likeness (QED) is 0.434. The lowest BCUT2D eigenvalue weighted by atomic mass is 10.3. The number of thiocarbonyl (C=S) groups is 1. The molecule has 2 heterocycles. The summed E-state index contributed by atoms with van der Waals surface area (Å²) in [6.45, 7) is 4.07. The van der Waals surface area contributed by atoms with Crippen LogP contribution in [-0.4, -0.2) is 21.7 Å². The minimum absolute atomic E-state index is 0.103. The highest BCUT2D eigenvalue weighted by Crippen LogP contribution is 2.34. The van der Waals surface area contributed by atoms with Crippen molar-refractivity contribution in [1.29, 1.82) is 0 Å². The average Bonchev–Trinajstić information content (AvgIpc) is 3.09. The minimum atomic E-state index is -0.103. The average molecular weight is 359 g/mol. The molecule has 3 nitrogen and oxygen atoms in total. The van der Waals surface area contributed by atoms with Crippen LogP contribution >= 0.6 is 35.7 Å². The third-order valence-corrected chi connectivity index (χ3v) is 5.33. The number of carbonyl (C=O) groups excluding carboxylic acids is 1. The monoisotopic (exact) mass is 359 g/mol. The lowest BCUT2D eigenvalue weighted by Crippen LogP contribution is -2.27. The third kappa shape index (κ3) is 3.77. The maximum atomic E-state index is 12.3. The van der Waals surface area contributed by atoms with Gasteiger partial charge in [0.1, 0.15) is 10.1 Å². The molecule has 1 fully saturated rings. The van der Waals surface area contributed by atoms with E-state index in [2.05, 4.69) is 6.58 Å². The largest absolute Gasteiger partial charge is 0.450 e. The van der Waals surface area contributed by atoms with E-state index in [9.17, 15) is 4.79 Å². The molecule has 1 aromatic carbocycles. The molecule has 0 bridgehead atoms. The first-order chi connectivity index (χ1) is 11.2. The summed E-state index contributed by atoms with van der Waals surface area (Å²) in [6, 6.07) is 13.7. The van der Waals surface area contributed by atoms with E-state index in [-0.39, 0.29) is 5.91 Å². The number of amides is 1. The van der Waals surface area contributed by atoms with Crippen LogP contribution in [0.4, 0.5) is 0 Å². The minimum Gasteiger partial charge on any atom is -0.450 e. The van der Waals surface area contributed by atoms with E-state index in [0.29, 0.717) is 21.5 Å². The predicted octanol–water partition coefficient (Wildman–Crippen LogP) is 4.82. The fraction of sp³-hybridized carbons (Fsp3) is 0.0588. The fourth-order valence-electron chi connectivity index (χ4n) is 1.99. The van der Waals surface area contributed by atoms with Gasteiger partial charge in [-0.25, -0.2) is 0 Å². The Bertz CT molecular complexity index is 780. The van der Waals surface area contributed by atoms with Gasteiger partial charge in [-0.1, -0.05) is 60.0 Å². The lowest BCUT2D eigenvalue weighted by Gasteiger charge is -2.10. The maximum Gasteiger partial charge on any atom is 0.266 e. The molecule has 1 aliphatic rings. The Morgan fingerprint density at radius 2 is 2.04 bits per heavy atom. The smallest absolute Gasteiger partial charge is 0.266 e. The second-order valence-electron chi connectivity index (χ2n) is 4.65. The Labute approximate surface area is 148 Å². The number of furan rings is 1. The van der Waals surface area contributed by atoms with Crippen molar-refractivity contribution < 1.29 is 9.21 Å². The maximum absolute atomic E-state index is 12.3. The zero-order chi connectivity index (χ0) is 16.2. The Morgan fingerprint density at radius 3 is 2.78 bits per heavy atom. The lowest BCUT2D eigenvalue weighted by molar-refractivity contribution is -0.121. The van der Waals surface area contributed by atoms with Crippen molar-refractivity contribution in [3.8, 4) is 0 Å². The zero-order valence-corrected chi connectivity index (χ0v) is 14.5. The Morgan fingerprint density at radius 1 is 1.26 bits per heavy atom. The van der Waals surface area contributed by atoms with E-state index in [1.165, 1.54) is 28.4 Å². The summed E-state index contributed by atoms with van der Waals surface area (Å²) in [5.74, 6) is 0.538. The van der Waals surface area contributed by atoms with Crippen LogP contribution in [0.25, 0.3) is 6.08 Å². The van der Waals surface area contributed by atoms with Gasteiger partial charge < -0.3 is 4.42 Å². The highest BCUT2D eigenvalue weighted by atomic mass is 32.2. The molecule has 23 heavy (non-hydrogen) atoms. The van der Waals surface area contributed by atoms with Crippen molar-refractivity contribution in [2.45, 2.75) is 9.99 Å². The Kier molecular flexibility index (Phi) is 5.05. The van der Waals surface area contributed by atoms with Crippen LogP contribution in [0.1, 0.15) is 5.76 Å². The van der Waals surface area contributed by atoms with Crippen LogP contribution in [0.2, 0.25) is 0 Å². The van der Waals surface area contributed by atoms with Crippen LogP contribution < -0.4 is 0 Å². The SMILES string of the molecule is C=CCN1C(=O)/C(=C/c2ccc(Sc3ccccc3)o2)SC1=S. The van der Waals surface area contributed by atoms with Gasteiger partial charge in [-0.2, -0.15) is 0 Å². The van der Waals surface area contributed by atoms with Gasteiger partial charge in [0.2, 0.25) is 0 Å². The van der Waals surface area contributed by atoms with Crippen molar-refractivity contribution in [3.05, 3.63) is 65.8 Å². The summed E-state index contributed by atoms with van der Waals surface area (Å²) < 4.78 is 6.32. The highest BCUT2D eigenvalue weighted by Gasteiger charge is 2.31. The molecular weight excluding hydrogens is 346 g/mol. The summed E-state index contributed by atoms with van der Waals surface area (Å²) >= 11 is 8.04. The molecule has 0 atom stereocenters. The van der Waals surface area contributed by atoms with Gasteiger partial charge in [-0.15, -0.1) is 6.58 Å². The second kappa shape index (κ2) is 7.21. The highest BCUT2D eigenvalue weighted by molar-refractivity contribution is 8.26. The predicted molar refractivity (Wildman–Crippen MR) is 99.3 cm³/mol. The number of carbonyl (C=O) groups is 1. The molecule has 0 spiro atoms. The molecule has 0 unspecified atom stereocenters. The summed E-state index contributed by atoms with van der Waals surface area (Å²) in [5.41, 5.74) is 0. The van der Waals surface area contributed by atoms with Crippen molar-refractivity contribution in [2.75, 3.05) is 6.54 Å². The van der Waals surface area contributed by atoms with Gasteiger partial charge in [0.15, 0.2) is 5.09 Å². The van der Waals surface area contributed by atoms with Crippen LogP contribution in [-0.2, 0) is 4.79 Å². The number of thioether (sulfide) groups is 1. The molecule has 6 heteroatoms. The number of hydrogen-bond donors (Lipinski definition) is 0. The molecule has 1 amide bonds. The molecule has 0 radical (unpaired) electrons. The summed E-state index contributed by atoms with van der Waals surface area (Å²) in [6.07, 6.45) is 3.40. The van der Waals surface area contributed by atoms with Crippen LogP contribution in [0.15, 0.2) is 74.4 Å². The molecule has 1 aliphatic heterocycles. The molecule has 0 saturated carbocycles. The first kappa shape index (κ1) is 16.1. The topological polar surface area (TPSA) is 33.5 Å². The second-order valence-corrected chi connectivity index (χ2v) is 7.41. The molecular formula is C17H13NO2S3. The number of hydrogen-bond acceptors (Lipinski definition) is 5. The van der Waals surface area contributed by atoms with E-state index >= 15 is 0 Å². The fourth-order valence-corrected chi connectivity index (χ4v) is 4.04. The Hall–Kier alpha value is -1.76. The van der Waals surface area contributed by atoms with Gasteiger partial charge in [0.25, 0.3) is 5.91 Å². The summed E-state index contributed by atoms with van der Waals surface area (Å²) in [4.78, 5) is 15.5. The van der Waals surface area contributed by atoms with Crippen molar-refractivity contribution in [2.24, 2.45) is 0 Å². The number of benzene rings is 1. The standard InChI is InChI=1S/C17H13NO2S3/c1-2-10-18-16(19)14(23-17(18)21)11-12-8-9-15(20-12)22-13-6-4-3-5-7-13/h2-9,11H,1,10H2/b14-11-. The third-order valence-electron chi connectivity index (χ3n) is 3.02. The zero-order valence-electron chi connectivity index (χ0n) is 12.1. The van der Waals surface area contributed by atoms with Gasteiger partial charge in [-0.05, 0) is 24.3 Å². The van der Waals surface area contributed by atoms with Gasteiger partial charge in [0.05, 0.1) is 4.91 Å². The van der Waals surface area contributed by atoms with E-state index in [4.69, 9.17) is 16.6 Å². The van der Waals surface area contributed by atoms with Crippen LogP contribution in [0.3, 0.4) is 0 Å². The molecule has 116 valence electrons. The Balaban J connectivity index is 1.75. The van der Waals surface area contributed by atoms with Crippen molar-refractivity contribution in [3.63, 3.8) is 0 Å².